The maximum atomic E-state index is 14.5. The molecule has 1 aromatic heterocycles. The van der Waals surface area contributed by atoms with E-state index in [0.717, 1.165) is 28.0 Å². The highest BCUT2D eigenvalue weighted by Crippen LogP contribution is 2.38. The topological polar surface area (TPSA) is 85.1 Å². The van der Waals surface area contributed by atoms with Crippen LogP contribution in [-0.4, -0.2) is 21.3 Å². The smallest absolute Gasteiger partial charge is 0.147 e. The van der Waals surface area contributed by atoms with Gasteiger partial charge in [-0.2, -0.15) is 5.10 Å². The summed E-state index contributed by atoms with van der Waals surface area (Å²) in [6.07, 6.45) is 4.41. The minimum atomic E-state index is -0.396. The highest BCUT2D eigenvalue weighted by atomic mass is 35.5. The summed E-state index contributed by atoms with van der Waals surface area (Å²) >= 11 is 6.28. The first-order chi connectivity index (χ1) is 14.3. The quantitative estimate of drug-likeness (QED) is 0.545. The number of fused-ring (bicyclic) bond motifs is 1. The van der Waals surface area contributed by atoms with Crippen molar-refractivity contribution < 1.29 is 4.39 Å². The van der Waals surface area contributed by atoms with Gasteiger partial charge >= 0.3 is 0 Å². The molecule has 0 saturated heterocycles. The van der Waals surface area contributed by atoms with E-state index in [1.807, 2.05) is 38.5 Å². The molecule has 156 valence electrons. The van der Waals surface area contributed by atoms with Crippen molar-refractivity contribution in [2.75, 3.05) is 11.9 Å². The van der Waals surface area contributed by atoms with Gasteiger partial charge in [-0.05, 0) is 42.7 Å². The predicted octanol–water partition coefficient (Wildman–Crippen LogP) is 4.26. The summed E-state index contributed by atoms with van der Waals surface area (Å²) in [5, 5.41) is 9.56. The van der Waals surface area contributed by atoms with Crippen molar-refractivity contribution in [3.05, 3.63) is 76.5 Å². The zero-order chi connectivity index (χ0) is 21.4. The number of nitrogens with two attached hydrogens (primary N) is 2. The standard InChI is InChI=1S/C22H24ClFN6/c1-13(25)22-16-7-6-14(15-11-27-29(2)12-15)10-17(16)20(8-9-30(22)26)28-21-18(23)4-3-5-19(21)24/h3-7,10-12,20,28H,8-9,25-26H2,1-2H3/b22-13-. The monoisotopic (exact) mass is 426 g/mol. The maximum Gasteiger partial charge on any atom is 0.147 e. The average Bonchev–Trinajstić information content (AvgIpc) is 3.08. The van der Waals surface area contributed by atoms with E-state index >= 15 is 0 Å². The first-order valence-electron chi connectivity index (χ1n) is 9.67. The number of aromatic nitrogens is 2. The third-order valence-electron chi connectivity index (χ3n) is 5.32. The van der Waals surface area contributed by atoms with Crippen molar-refractivity contribution in [3.8, 4) is 11.1 Å². The van der Waals surface area contributed by atoms with E-state index in [1.165, 1.54) is 6.07 Å². The van der Waals surface area contributed by atoms with Gasteiger partial charge in [0, 0.05) is 36.6 Å². The van der Waals surface area contributed by atoms with Crippen LogP contribution in [0.25, 0.3) is 16.8 Å². The van der Waals surface area contributed by atoms with Crippen LogP contribution in [0.1, 0.15) is 30.5 Å². The van der Waals surface area contributed by atoms with Crippen molar-refractivity contribution in [3.63, 3.8) is 0 Å². The second-order valence-corrected chi connectivity index (χ2v) is 7.92. The van der Waals surface area contributed by atoms with Gasteiger partial charge in [-0.1, -0.05) is 29.8 Å². The lowest BCUT2D eigenvalue weighted by Gasteiger charge is -2.22. The van der Waals surface area contributed by atoms with Crippen molar-refractivity contribution in [1.29, 1.82) is 0 Å². The second-order valence-electron chi connectivity index (χ2n) is 7.51. The molecule has 0 aliphatic carbocycles. The average molecular weight is 427 g/mol. The number of nitrogens with zero attached hydrogens (tertiary/aromatic N) is 3. The molecule has 5 N–H and O–H groups in total. The normalized spacial score (nSPS) is 18.0. The fourth-order valence-corrected chi connectivity index (χ4v) is 4.12. The summed E-state index contributed by atoms with van der Waals surface area (Å²) in [7, 11) is 1.88. The van der Waals surface area contributed by atoms with Crippen LogP contribution in [0, 0.1) is 5.82 Å². The minimum Gasteiger partial charge on any atom is -0.401 e. The van der Waals surface area contributed by atoms with Gasteiger partial charge in [0.05, 0.1) is 28.6 Å². The van der Waals surface area contributed by atoms with Crippen LogP contribution in [-0.2, 0) is 7.05 Å². The van der Waals surface area contributed by atoms with E-state index in [-0.39, 0.29) is 11.7 Å². The van der Waals surface area contributed by atoms with Gasteiger partial charge in [0.1, 0.15) is 5.82 Å². The molecule has 3 aromatic rings. The van der Waals surface area contributed by atoms with Crippen molar-refractivity contribution in [2.45, 2.75) is 19.4 Å². The fourth-order valence-electron chi connectivity index (χ4n) is 3.91. The Morgan fingerprint density at radius 2 is 2.07 bits per heavy atom. The largest absolute Gasteiger partial charge is 0.401 e. The summed E-state index contributed by atoms with van der Waals surface area (Å²) in [6.45, 7) is 2.38. The molecule has 2 heterocycles. The summed E-state index contributed by atoms with van der Waals surface area (Å²) in [5.74, 6) is 5.92. The summed E-state index contributed by atoms with van der Waals surface area (Å²) in [4.78, 5) is 0. The molecule has 0 fully saturated rings. The van der Waals surface area contributed by atoms with E-state index in [2.05, 4.69) is 16.5 Å². The molecule has 0 saturated carbocycles. The third kappa shape index (κ3) is 3.74. The lowest BCUT2D eigenvalue weighted by Crippen LogP contribution is -2.31. The van der Waals surface area contributed by atoms with Gasteiger partial charge in [0.25, 0.3) is 0 Å². The first-order valence-corrected chi connectivity index (χ1v) is 10.1. The molecule has 1 aliphatic rings. The Balaban J connectivity index is 1.86. The molecule has 30 heavy (non-hydrogen) atoms. The number of hydrogen-bond donors (Lipinski definition) is 3. The SMILES string of the molecule is C/C(N)=C1\c2ccc(-c3cnn(C)c3)cc2C(Nc2c(F)cccc2Cl)CCN1N. The minimum absolute atomic E-state index is 0.214. The van der Waals surface area contributed by atoms with E-state index in [1.54, 1.807) is 21.8 Å². The zero-order valence-electron chi connectivity index (χ0n) is 16.9. The Bertz CT molecular complexity index is 1100. The van der Waals surface area contributed by atoms with Crippen LogP contribution in [0.3, 0.4) is 0 Å². The van der Waals surface area contributed by atoms with Crippen LogP contribution in [0.4, 0.5) is 10.1 Å². The molecule has 0 amide bonds. The summed E-state index contributed by atoms with van der Waals surface area (Å²) in [5.41, 5.74) is 11.7. The number of para-hydroxylation sites is 1. The molecule has 6 nitrogen and oxygen atoms in total. The molecule has 4 rings (SSSR count). The Kier molecular flexibility index (Phi) is 5.40. The molecule has 1 atom stereocenters. The summed E-state index contributed by atoms with van der Waals surface area (Å²) < 4.78 is 16.2. The number of benzene rings is 2. The molecule has 1 unspecified atom stereocenters. The van der Waals surface area contributed by atoms with Crippen molar-refractivity contribution in [1.82, 2.24) is 14.8 Å². The van der Waals surface area contributed by atoms with Crippen LogP contribution < -0.4 is 16.9 Å². The summed E-state index contributed by atoms with van der Waals surface area (Å²) in [6, 6.07) is 10.5. The fraction of sp³-hybridized carbons (Fsp3) is 0.227. The van der Waals surface area contributed by atoms with Gasteiger partial charge in [-0.3, -0.25) is 4.68 Å². The van der Waals surface area contributed by atoms with Crippen molar-refractivity contribution >= 4 is 23.0 Å². The highest BCUT2D eigenvalue weighted by molar-refractivity contribution is 6.33. The number of aryl methyl sites for hydroxylation is 1. The molecule has 0 bridgehead atoms. The van der Waals surface area contributed by atoms with Crippen LogP contribution in [0.2, 0.25) is 5.02 Å². The van der Waals surface area contributed by atoms with Crippen molar-refractivity contribution in [2.24, 2.45) is 18.6 Å². The van der Waals surface area contributed by atoms with Gasteiger partial charge < -0.3 is 16.1 Å². The van der Waals surface area contributed by atoms with Crippen LogP contribution >= 0.6 is 11.6 Å². The number of hydrogen-bond acceptors (Lipinski definition) is 5. The maximum absolute atomic E-state index is 14.5. The van der Waals surface area contributed by atoms with E-state index in [4.69, 9.17) is 23.2 Å². The Labute approximate surface area is 179 Å². The number of halogens is 2. The predicted molar refractivity (Wildman–Crippen MR) is 119 cm³/mol. The second kappa shape index (κ2) is 8.01. The Hall–Kier alpha value is -3.03. The number of rotatable bonds is 3. The Morgan fingerprint density at radius 3 is 2.73 bits per heavy atom. The molecule has 8 heteroatoms. The lowest BCUT2D eigenvalue weighted by molar-refractivity contribution is 0.401. The van der Waals surface area contributed by atoms with Gasteiger partial charge in [-0.25, -0.2) is 10.2 Å². The highest BCUT2D eigenvalue weighted by Gasteiger charge is 2.27. The molecule has 1 aliphatic heterocycles. The van der Waals surface area contributed by atoms with E-state index < -0.39 is 5.82 Å². The number of anilines is 1. The molecular weight excluding hydrogens is 403 g/mol. The van der Waals surface area contributed by atoms with Crippen LogP contribution in [0.15, 0.2) is 54.5 Å². The zero-order valence-corrected chi connectivity index (χ0v) is 17.6. The van der Waals surface area contributed by atoms with Gasteiger partial charge in [0.15, 0.2) is 0 Å². The first kappa shape index (κ1) is 20.3. The molecule has 0 spiro atoms. The van der Waals surface area contributed by atoms with Crippen LogP contribution in [0.5, 0.6) is 0 Å². The van der Waals surface area contributed by atoms with E-state index in [0.29, 0.717) is 23.7 Å². The lowest BCUT2D eigenvalue weighted by atomic mass is 9.93. The Morgan fingerprint density at radius 1 is 1.27 bits per heavy atom. The number of allylic oxidation sites excluding steroid dienone is 1. The number of hydrazine groups is 1. The third-order valence-corrected chi connectivity index (χ3v) is 5.64. The van der Waals surface area contributed by atoms with Gasteiger partial charge in [0.2, 0.25) is 0 Å². The molecule has 2 aromatic carbocycles. The van der Waals surface area contributed by atoms with Gasteiger partial charge in [-0.15, -0.1) is 0 Å². The molecule has 0 radical (unpaired) electrons. The van der Waals surface area contributed by atoms with E-state index in [9.17, 15) is 4.39 Å². The molecular formula is C22H24ClFN6. The number of nitrogens with one attached hydrogen (secondary N) is 1.